The minimum Gasteiger partial charge on any atom is -0.479 e. The molecule has 0 amide bonds. The van der Waals surface area contributed by atoms with Gasteiger partial charge in [0.25, 0.3) is 0 Å². The Morgan fingerprint density at radius 2 is 0.867 bits per heavy atom. The van der Waals surface area contributed by atoms with Crippen molar-refractivity contribution >= 4 is 23.9 Å². The van der Waals surface area contributed by atoms with Crippen LogP contribution in [0.1, 0.15) is 239 Å². The van der Waals surface area contributed by atoms with Crippen molar-refractivity contribution in [2.45, 2.75) is 276 Å². The number of hydrogen-bond acceptors (Lipinski definition) is 11. The molecule has 0 bridgehead atoms. The molecule has 0 aromatic heterocycles. The van der Waals surface area contributed by atoms with Gasteiger partial charge in [-0.05, 0) is 83.5 Å². The predicted molar refractivity (Wildman–Crippen MR) is 303 cm³/mol. The van der Waals surface area contributed by atoms with Crippen LogP contribution in [-0.4, -0.2) is 89.2 Å². The smallest absolute Gasteiger partial charge is 0.335 e. The van der Waals surface area contributed by atoms with E-state index >= 15 is 0 Å². The second-order valence-corrected chi connectivity index (χ2v) is 19.9. The Kier molecular flexibility index (Phi) is 46.6. The fraction of sp³-hybridized carbons (Fsp3) is 0.714. The number of hydrogen-bond donors (Lipinski definition) is 3. The van der Waals surface area contributed by atoms with Gasteiger partial charge in [0.1, 0.15) is 18.8 Å². The van der Waals surface area contributed by atoms with Gasteiger partial charge < -0.3 is 39.0 Å². The molecule has 1 fully saturated rings. The molecule has 1 heterocycles. The van der Waals surface area contributed by atoms with Crippen LogP contribution in [0.3, 0.4) is 0 Å². The number of allylic oxidation sites excluding steroid dienone is 14. The third-order valence-corrected chi connectivity index (χ3v) is 13.0. The summed E-state index contributed by atoms with van der Waals surface area (Å²) >= 11 is 0. The van der Waals surface area contributed by atoms with Crippen LogP contribution in [0.2, 0.25) is 0 Å². The predicted octanol–water partition coefficient (Wildman–Crippen LogP) is 15.1. The lowest BCUT2D eigenvalue weighted by molar-refractivity contribution is -0.301. The SMILES string of the molecule is CC/C=C\C/C=C\C/C=C\C/C=C\C/C=C\C/C=C\CCC(=O)OC1C(OCC(COC(=O)CCCCCCCCC/C=C\CCCCCCCC)OC(=O)CCCCCCCCCCC)OC(C(=O)O)C(O)C1O. The third kappa shape index (κ3) is 40.8. The van der Waals surface area contributed by atoms with Crippen LogP contribution >= 0.6 is 0 Å². The van der Waals surface area contributed by atoms with E-state index < -0.39 is 67.3 Å². The molecule has 6 atom stereocenters. The average Bonchev–Trinajstić information content (AvgIpc) is 3.39. The molecule has 0 aliphatic carbocycles. The fourth-order valence-corrected chi connectivity index (χ4v) is 8.45. The Labute approximate surface area is 454 Å². The van der Waals surface area contributed by atoms with Gasteiger partial charge >= 0.3 is 23.9 Å². The van der Waals surface area contributed by atoms with Gasteiger partial charge in [0.15, 0.2) is 24.6 Å². The quantitative estimate of drug-likeness (QED) is 0.0228. The number of unbranched alkanes of at least 4 members (excludes halogenated alkanes) is 21. The molecule has 0 aromatic rings. The van der Waals surface area contributed by atoms with Crippen molar-refractivity contribution in [1.82, 2.24) is 0 Å². The zero-order chi connectivity index (χ0) is 54.7. The number of carbonyl (C=O) groups is 4. The molecule has 0 radical (unpaired) electrons. The molecular formula is C63H104O12. The van der Waals surface area contributed by atoms with Crippen LogP contribution in [0.4, 0.5) is 0 Å². The normalized spacial score (nSPS) is 18.8. The van der Waals surface area contributed by atoms with Crippen LogP contribution in [0, 0.1) is 0 Å². The van der Waals surface area contributed by atoms with Crippen LogP contribution in [0.25, 0.3) is 0 Å². The number of carboxylic acid groups (broad SMARTS) is 1. The monoisotopic (exact) mass is 1050 g/mol. The van der Waals surface area contributed by atoms with E-state index in [1.165, 1.54) is 96.3 Å². The van der Waals surface area contributed by atoms with Gasteiger partial charge in [-0.15, -0.1) is 0 Å². The van der Waals surface area contributed by atoms with Crippen molar-refractivity contribution in [2.24, 2.45) is 0 Å². The maximum Gasteiger partial charge on any atom is 0.335 e. The van der Waals surface area contributed by atoms with Crippen molar-refractivity contribution in [3.8, 4) is 0 Å². The first-order valence-electron chi connectivity index (χ1n) is 29.6. The lowest BCUT2D eigenvalue weighted by atomic mass is 9.98. The molecule has 75 heavy (non-hydrogen) atoms. The molecule has 12 heteroatoms. The van der Waals surface area contributed by atoms with Gasteiger partial charge in [0.05, 0.1) is 6.61 Å². The van der Waals surface area contributed by atoms with Crippen molar-refractivity contribution in [2.75, 3.05) is 13.2 Å². The summed E-state index contributed by atoms with van der Waals surface area (Å²) in [6.45, 7) is 5.81. The summed E-state index contributed by atoms with van der Waals surface area (Å²) in [5.41, 5.74) is 0. The first kappa shape index (κ1) is 68.9. The Bertz CT molecular complexity index is 1630. The number of carboxylic acids is 1. The summed E-state index contributed by atoms with van der Waals surface area (Å²) < 4.78 is 28.3. The van der Waals surface area contributed by atoms with Crippen LogP contribution in [0.15, 0.2) is 85.1 Å². The van der Waals surface area contributed by atoms with E-state index in [1.54, 1.807) is 0 Å². The number of aliphatic carboxylic acids is 1. The highest BCUT2D eigenvalue weighted by Gasteiger charge is 2.50. The van der Waals surface area contributed by atoms with Crippen LogP contribution < -0.4 is 0 Å². The number of aliphatic hydroxyl groups excluding tert-OH is 2. The second kappa shape index (κ2) is 50.7. The highest BCUT2D eigenvalue weighted by Crippen LogP contribution is 2.26. The minimum atomic E-state index is -1.93. The average molecular weight is 1050 g/mol. The van der Waals surface area contributed by atoms with E-state index in [1.807, 2.05) is 18.2 Å². The first-order chi connectivity index (χ1) is 36.6. The lowest BCUT2D eigenvalue weighted by Gasteiger charge is -2.40. The summed E-state index contributed by atoms with van der Waals surface area (Å²) in [6.07, 6.45) is 52.9. The number of carbonyl (C=O) groups excluding carboxylic acids is 3. The molecule has 428 valence electrons. The van der Waals surface area contributed by atoms with Gasteiger partial charge in [-0.25, -0.2) is 4.79 Å². The van der Waals surface area contributed by atoms with Gasteiger partial charge in [0.2, 0.25) is 0 Å². The number of ether oxygens (including phenoxy) is 5. The molecule has 1 aliphatic rings. The van der Waals surface area contributed by atoms with Crippen molar-refractivity contribution in [3.63, 3.8) is 0 Å². The van der Waals surface area contributed by atoms with E-state index in [0.29, 0.717) is 25.7 Å². The molecule has 0 aromatic carbocycles. The van der Waals surface area contributed by atoms with Crippen molar-refractivity contribution in [3.05, 3.63) is 85.1 Å². The van der Waals surface area contributed by atoms with Crippen molar-refractivity contribution < 1.29 is 58.2 Å². The Hall–Kier alpha value is -4.10. The molecular weight excluding hydrogens is 949 g/mol. The van der Waals surface area contributed by atoms with E-state index in [2.05, 4.69) is 87.6 Å². The van der Waals surface area contributed by atoms with Gasteiger partial charge in [-0.2, -0.15) is 0 Å². The first-order valence-corrected chi connectivity index (χ1v) is 29.6. The summed E-state index contributed by atoms with van der Waals surface area (Å²) in [5, 5.41) is 31.4. The van der Waals surface area contributed by atoms with Gasteiger partial charge in [-0.1, -0.05) is 221 Å². The Morgan fingerprint density at radius 3 is 1.33 bits per heavy atom. The van der Waals surface area contributed by atoms with E-state index in [9.17, 15) is 34.5 Å². The topological polar surface area (TPSA) is 175 Å². The second-order valence-electron chi connectivity index (χ2n) is 19.9. The Morgan fingerprint density at radius 1 is 0.453 bits per heavy atom. The molecule has 1 saturated heterocycles. The van der Waals surface area contributed by atoms with E-state index in [4.69, 9.17) is 23.7 Å². The molecule has 0 spiro atoms. The van der Waals surface area contributed by atoms with Crippen LogP contribution in [-0.2, 0) is 42.9 Å². The zero-order valence-corrected chi connectivity index (χ0v) is 47.0. The molecule has 1 aliphatic heterocycles. The maximum atomic E-state index is 13.1. The Balaban J connectivity index is 2.69. The summed E-state index contributed by atoms with van der Waals surface area (Å²) in [5.74, 6) is -3.24. The summed E-state index contributed by atoms with van der Waals surface area (Å²) in [7, 11) is 0. The highest BCUT2D eigenvalue weighted by molar-refractivity contribution is 5.74. The van der Waals surface area contributed by atoms with Crippen molar-refractivity contribution in [1.29, 1.82) is 0 Å². The fourth-order valence-electron chi connectivity index (χ4n) is 8.45. The molecule has 6 unspecified atom stereocenters. The van der Waals surface area contributed by atoms with E-state index in [-0.39, 0.29) is 25.9 Å². The molecule has 1 rings (SSSR count). The highest BCUT2D eigenvalue weighted by atomic mass is 16.7. The third-order valence-electron chi connectivity index (χ3n) is 13.0. The standard InChI is InChI=1S/C63H104O12/c1-4-7-10-13-16-19-21-23-25-27-28-30-32-34-36-39-42-45-48-51-57(66)74-61-59(68)58(67)60(62(69)70)75-63(61)72-53-54(73-56(65)50-47-44-41-37-18-15-12-9-6-3)52-71-55(64)49-46-43-40-38-35-33-31-29-26-24-22-20-17-14-11-8-5-2/h7,10,16,19,23-26,28,30,34,36,42,45,54,58-61,63,67-68H,4-6,8-9,11-15,17-18,20-22,27,29,31-33,35,37-41,43-44,46-53H2,1-3H3,(H,69,70)/b10-7-,19-16-,25-23-,26-24-,30-28-,36-34-,45-42-. The van der Waals surface area contributed by atoms with Gasteiger partial charge in [-0.3, -0.25) is 14.4 Å². The largest absolute Gasteiger partial charge is 0.479 e. The number of aliphatic hydroxyl groups is 2. The minimum absolute atomic E-state index is 0.0666. The zero-order valence-electron chi connectivity index (χ0n) is 47.0. The molecule has 3 N–H and O–H groups in total. The molecule has 12 nitrogen and oxygen atoms in total. The summed E-state index contributed by atoms with van der Waals surface area (Å²) in [4.78, 5) is 51.0. The lowest BCUT2D eigenvalue weighted by Crippen LogP contribution is -2.61. The van der Waals surface area contributed by atoms with E-state index in [0.717, 1.165) is 77.0 Å². The molecule has 0 saturated carbocycles. The van der Waals surface area contributed by atoms with Gasteiger partial charge in [0, 0.05) is 19.3 Å². The maximum absolute atomic E-state index is 13.1. The number of rotatable bonds is 49. The number of esters is 3. The van der Waals surface area contributed by atoms with Crippen LogP contribution in [0.5, 0.6) is 0 Å². The summed E-state index contributed by atoms with van der Waals surface area (Å²) in [6, 6.07) is 0.